The molecular weight excluding hydrogens is 265 g/mol. The summed E-state index contributed by atoms with van der Waals surface area (Å²) in [5, 5.41) is 3.17. The monoisotopic (exact) mass is 280 g/mol. The Kier molecular flexibility index (Phi) is 4.39. The summed E-state index contributed by atoms with van der Waals surface area (Å²) in [4.78, 5) is 3.82. The fourth-order valence-electron chi connectivity index (χ4n) is 1.83. The Hall–Kier alpha value is -1.88. The first-order valence-electron chi connectivity index (χ1n) is 6.24. The zero-order valence-electron chi connectivity index (χ0n) is 11.0. The summed E-state index contributed by atoms with van der Waals surface area (Å²) in [6, 6.07) is 10.4. The van der Waals surface area contributed by atoms with E-state index in [-0.39, 0.29) is 0 Å². The molecule has 0 aliphatic carbocycles. The Morgan fingerprint density at radius 1 is 1.05 bits per heavy atom. The van der Waals surface area contributed by atoms with Crippen molar-refractivity contribution in [3.05, 3.63) is 65.0 Å². The van der Waals surface area contributed by atoms with Gasteiger partial charge in [0, 0.05) is 19.3 Å². The van der Waals surface area contributed by atoms with E-state index in [2.05, 4.69) is 10.3 Å². The number of pyridine rings is 1. The maximum Gasteiger partial charge on any atom is 0.417 e. The summed E-state index contributed by atoms with van der Waals surface area (Å²) < 4.78 is 37.1. The average Bonchev–Trinajstić information content (AvgIpc) is 2.40. The van der Waals surface area contributed by atoms with Gasteiger partial charge >= 0.3 is 6.18 Å². The van der Waals surface area contributed by atoms with E-state index in [0.29, 0.717) is 18.8 Å². The molecule has 2 nitrogen and oxygen atoms in total. The fraction of sp³-hybridized carbons (Fsp3) is 0.267. The molecule has 2 rings (SSSR count). The molecule has 5 heteroatoms. The predicted molar refractivity (Wildman–Crippen MR) is 71.0 cm³/mol. The van der Waals surface area contributed by atoms with Crippen LogP contribution in [0.15, 0.2) is 42.6 Å². The van der Waals surface area contributed by atoms with E-state index in [1.807, 2.05) is 31.2 Å². The van der Waals surface area contributed by atoms with Gasteiger partial charge in [0.05, 0.1) is 11.3 Å². The van der Waals surface area contributed by atoms with Gasteiger partial charge in [0.25, 0.3) is 0 Å². The number of aromatic nitrogens is 1. The van der Waals surface area contributed by atoms with E-state index in [9.17, 15) is 13.2 Å². The highest BCUT2D eigenvalue weighted by Crippen LogP contribution is 2.28. The van der Waals surface area contributed by atoms with Crippen molar-refractivity contribution in [1.82, 2.24) is 10.3 Å². The molecule has 0 spiro atoms. The number of alkyl halides is 3. The van der Waals surface area contributed by atoms with Crippen molar-refractivity contribution in [3.8, 4) is 0 Å². The van der Waals surface area contributed by atoms with E-state index in [1.165, 1.54) is 17.2 Å². The number of benzene rings is 1. The van der Waals surface area contributed by atoms with E-state index >= 15 is 0 Å². The van der Waals surface area contributed by atoms with Crippen LogP contribution in [0.1, 0.15) is 22.4 Å². The molecule has 0 fully saturated rings. The first-order valence-corrected chi connectivity index (χ1v) is 6.24. The molecule has 0 amide bonds. The minimum Gasteiger partial charge on any atom is -0.307 e. The minimum atomic E-state index is -4.33. The number of nitrogens with one attached hydrogen (secondary N) is 1. The van der Waals surface area contributed by atoms with Crippen LogP contribution in [0.3, 0.4) is 0 Å². The fourth-order valence-corrected chi connectivity index (χ4v) is 1.83. The van der Waals surface area contributed by atoms with Crippen LogP contribution in [0, 0.1) is 6.92 Å². The molecule has 0 atom stereocenters. The molecule has 1 heterocycles. The van der Waals surface area contributed by atoms with Gasteiger partial charge in [0.2, 0.25) is 0 Å². The second kappa shape index (κ2) is 6.05. The first-order chi connectivity index (χ1) is 9.47. The molecule has 106 valence electrons. The highest BCUT2D eigenvalue weighted by atomic mass is 19.4. The molecular formula is C15H15F3N2. The predicted octanol–water partition coefficient (Wildman–Crippen LogP) is 3.70. The summed E-state index contributed by atoms with van der Waals surface area (Å²) in [5.41, 5.74) is 2.21. The summed E-state index contributed by atoms with van der Waals surface area (Å²) in [6.07, 6.45) is -3.47. The Morgan fingerprint density at radius 3 is 2.40 bits per heavy atom. The molecule has 1 aromatic heterocycles. The van der Waals surface area contributed by atoms with Crippen LogP contribution in [0.5, 0.6) is 0 Å². The largest absolute Gasteiger partial charge is 0.417 e. The van der Waals surface area contributed by atoms with Crippen molar-refractivity contribution in [3.63, 3.8) is 0 Å². The Labute approximate surface area is 115 Å². The third kappa shape index (κ3) is 3.81. The van der Waals surface area contributed by atoms with E-state index in [1.54, 1.807) is 0 Å². The molecule has 0 bridgehead atoms. The quantitative estimate of drug-likeness (QED) is 0.923. The van der Waals surface area contributed by atoms with Crippen LogP contribution in [0.25, 0.3) is 0 Å². The highest BCUT2D eigenvalue weighted by Gasteiger charge is 2.30. The molecule has 0 aliphatic rings. The second-order valence-electron chi connectivity index (χ2n) is 4.57. The molecule has 0 unspecified atom stereocenters. The second-order valence-corrected chi connectivity index (χ2v) is 4.57. The SMILES string of the molecule is Cc1ccccc1CNCc1ccc(C(F)(F)F)cn1. The first kappa shape index (κ1) is 14.5. The van der Waals surface area contributed by atoms with Gasteiger partial charge in [-0.15, -0.1) is 0 Å². The Bertz CT molecular complexity index is 562. The number of nitrogens with zero attached hydrogens (tertiary/aromatic N) is 1. The third-order valence-corrected chi connectivity index (χ3v) is 3.03. The molecule has 20 heavy (non-hydrogen) atoms. The van der Waals surface area contributed by atoms with Crippen molar-refractivity contribution in [2.75, 3.05) is 0 Å². The van der Waals surface area contributed by atoms with Gasteiger partial charge in [-0.3, -0.25) is 4.98 Å². The van der Waals surface area contributed by atoms with Crippen LogP contribution in [0.2, 0.25) is 0 Å². The van der Waals surface area contributed by atoms with Gasteiger partial charge in [0.15, 0.2) is 0 Å². The molecule has 0 aliphatic heterocycles. The normalized spacial score (nSPS) is 11.6. The molecule has 1 aromatic carbocycles. The number of halogens is 3. The smallest absolute Gasteiger partial charge is 0.307 e. The van der Waals surface area contributed by atoms with Crippen molar-refractivity contribution in [1.29, 1.82) is 0 Å². The number of hydrogen-bond acceptors (Lipinski definition) is 2. The van der Waals surface area contributed by atoms with E-state index in [0.717, 1.165) is 12.3 Å². The van der Waals surface area contributed by atoms with Gasteiger partial charge in [-0.2, -0.15) is 13.2 Å². The number of hydrogen-bond donors (Lipinski definition) is 1. The van der Waals surface area contributed by atoms with Gasteiger partial charge < -0.3 is 5.32 Å². The average molecular weight is 280 g/mol. The van der Waals surface area contributed by atoms with Crippen molar-refractivity contribution < 1.29 is 13.2 Å². The lowest BCUT2D eigenvalue weighted by Gasteiger charge is -2.09. The van der Waals surface area contributed by atoms with Crippen molar-refractivity contribution in [2.24, 2.45) is 0 Å². The zero-order valence-corrected chi connectivity index (χ0v) is 11.0. The highest BCUT2D eigenvalue weighted by molar-refractivity contribution is 5.25. The molecule has 0 saturated carbocycles. The Morgan fingerprint density at radius 2 is 1.80 bits per heavy atom. The van der Waals surface area contributed by atoms with Crippen LogP contribution in [-0.2, 0) is 19.3 Å². The van der Waals surface area contributed by atoms with Crippen LogP contribution in [-0.4, -0.2) is 4.98 Å². The van der Waals surface area contributed by atoms with Crippen LogP contribution >= 0.6 is 0 Å². The van der Waals surface area contributed by atoms with Gasteiger partial charge in [-0.1, -0.05) is 24.3 Å². The molecule has 0 saturated heterocycles. The lowest BCUT2D eigenvalue weighted by Crippen LogP contribution is -2.15. The van der Waals surface area contributed by atoms with Gasteiger partial charge in [0.1, 0.15) is 0 Å². The lowest BCUT2D eigenvalue weighted by molar-refractivity contribution is -0.137. The van der Waals surface area contributed by atoms with Gasteiger partial charge in [-0.25, -0.2) is 0 Å². The molecule has 0 radical (unpaired) electrons. The van der Waals surface area contributed by atoms with E-state index in [4.69, 9.17) is 0 Å². The van der Waals surface area contributed by atoms with E-state index < -0.39 is 11.7 Å². The molecule has 2 aromatic rings. The zero-order chi connectivity index (χ0) is 14.6. The summed E-state index contributed by atoms with van der Waals surface area (Å²) >= 11 is 0. The minimum absolute atomic E-state index is 0.437. The lowest BCUT2D eigenvalue weighted by atomic mass is 10.1. The van der Waals surface area contributed by atoms with Crippen molar-refractivity contribution >= 4 is 0 Å². The Balaban J connectivity index is 1.90. The van der Waals surface area contributed by atoms with Crippen LogP contribution < -0.4 is 5.32 Å². The molecule has 1 N–H and O–H groups in total. The topological polar surface area (TPSA) is 24.9 Å². The van der Waals surface area contributed by atoms with Crippen LogP contribution in [0.4, 0.5) is 13.2 Å². The number of rotatable bonds is 4. The summed E-state index contributed by atoms with van der Waals surface area (Å²) in [5.74, 6) is 0. The van der Waals surface area contributed by atoms with Crippen molar-refractivity contribution in [2.45, 2.75) is 26.2 Å². The summed E-state index contributed by atoms with van der Waals surface area (Å²) in [7, 11) is 0. The summed E-state index contributed by atoms with van der Waals surface area (Å²) in [6.45, 7) is 3.12. The maximum absolute atomic E-state index is 12.4. The van der Waals surface area contributed by atoms with Gasteiger partial charge in [-0.05, 0) is 30.2 Å². The standard InChI is InChI=1S/C15H15F3N2/c1-11-4-2-3-5-12(11)8-19-10-14-7-6-13(9-20-14)15(16,17)18/h2-7,9,19H,8,10H2,1H3. The number of aryl methyl sites for hydroxylation is 1. The third-order valence-electron chi connectivity index (χ3n) is 3.03. The maximum atomic E-state index is 12.4.